The monoisotopic (exact) mass is 325 g/mol. The molecule has 1 aromatic carbocycles. The Hall–Kier alpha value is -1.36. The van der Waals surface area contributed by atoms with Gasteiger partial charge in [0.25, 0.3) is 0 Å². The van der Waals surface area contributed by atoms with Crippen LogP contribution in [0, 0.1) is 12.7 Å². The molecule has 0 aliphatic carbocycles. The molecular weight excluding hydrogens is 309 g/mol. The van der Waals surface area contributed by atoms with Crippen molar-refractivity contribution in [2.45, 2.75) is 19.2 Å². The molecule has 0 spiro atoms. The maximum atomic E-state index is 13.4. The molecule has 1 heterocycles. The molecule has 0 radical (unpaired) electrons. The number of hydrogen-bond donors (Lipinski definition) is 0. The van der Waals surface area contributed by atoms with Crippen LogP contribution in [0.15, 0.2) is 24.3 Å². The van der Waals surface area contributed by atoms with Crippen LogP contribution in [0.5, 0.6) is 0 Å². The van der Waals surface area contributed by atoms with E-state index in [4.69, 9.17) is 0 Å². The lowest BCUT2D eigenvalue weighted by Crippen LogP contribution is -2.20. The number of hydrogen-bond acceptors (Lipinski definition) is 2. The smallest absolute Gasteiger partial charge is 0.135 e. The number of aryl methyl sites for hydroxylation is 2. The minimum absolute atomic E-state index is 0.227. The Kier molecular flexibility index (Phi) is 4.24. The standard InChI is InChI=1S/C14H17BrFN3/c1-4-19(12-7-5-6-11(16)8-12)14-13(9-15)10(2)17-18(14)3/h5-8H,4,9H2,1-3H3. The van der Waals surface area contributed by atoms with Gasteiger partial charge in [0, 0.05) is 30.2 Å². The van der Waals surface area contributed by atoms with Crippen LogP contribution in [0.1, 0.15) is 18.2 Å². The van der Waals surface area contributed by atoms with Crippen LogP contribution < -0.4 is 4.90 Å². The van der Waals surface area contributed by atoms with Crippen LogP contribution in [0.3, 0.4) is 0 Å². The lowest BCUT2D eigenvalue weighted by Gasteiger charge is -2.24. The summed E-state index contributed by atoms with van der Waals surface area (Å²) in [5, 5.41) is 5.18. The zero-order valence-corrected chi connectivity index (χ0v) is 12.9. The van der Waals surface area contributed by atoms with Gasteiger partial charge >= 0.3 is 0 Å². The number of nitrogens with zero attached hydrogens (tertiary/aromatic N) is 3. The number of rotatable bonds is 4. The number of benzene rings is 1. The summed E-state index contributed by atoms with van der Waals surface area (Å²) in [5.74, 6) is 0.776. The SMILES string of the molecule is CCN(c1cccc(F)c1)c1c(CBr)c(C)nn1C. The van der Waals surface area contributed by atoms with Gasteiger partial charge in [0.1, 0.15) is 11.6 Å². The average molecular weight is 326 g/mol. The second-order valence-corrected chi connectivity index (χ2v) is 4.93. The Morgan fingerprint density at radius 2 is 2.16 bits per heavy atom. The third-order valence-corrected chi connectivity index (χ3v) is 3.70. The van der Waals surface area contributed by atoms with Crippen LogP contribution >= 0.6 is 15.9 Å². The van der Waals surface area contributed by atoms with E-state index in [1.165, 1.54) is 6.07 Å². The summed E-state index contributed by atoms with van der Waals surface area (Å²) >= 11 is 3.50. The fourth-order valence-electron chi connectivity index (χ4n) is 2.28. The van der Waals surface area contributed by atoms with Crippen molar-refractivity contribution in [2.24, 2.45) is 7.05 Å². The molecular formula is C14H17BrFN3. The van der Waals surface area contributed by atoms with Gasteiger partial charge in [-0.3, -0.25) is 4.68 Å². The maximum absolute atomic E-state index is 13.4. The molecule has 0 unspecified atom stereocenters. The second kappa shape index (κ2) is 5.74. The highest BCUT2D eigenvalue weighted by Crippen LogP contribution is 2.31. The van der Waals surface area contributed by atoms with E-state index < -0.39 is 0 Å². The largest absolute Gasteiger partial charge is 0.327 e. The Labute approximate surface area is 121 Å². The molecule has 2 aromatic rings. The summed E-state index contributed by atoms with van der Waals surface area (Å²) in [5.41, 5.74) is 2.96. The molecule has 0 amide bonds. The minimum Gasteiger partial charge on any atom is -0.327 e. The van der Waals surface area contributed by atoms with E-state index >= 15 is 0 Å². The van der Waals surface area contributed by atoms with Crippen LogP contribution in [-0.2, 0) is 12.4 Å². The molecule has 5 heteroatoms. The Morgan fingerprint density at radius 1 is 1.42 bits per heavy atom. The minimum atomic E-state index is -0.227. The van der Waals surface area contributed by atoms with Gasteiger partial charge in [0.2, 0.25) is 0 Å². The molecule has 0 saturated heterocycles. The Bertz CT molecular complexity index is 580. The molecule has 0 aliphatic rings. The van der Waals surface area contributed by atoms with Crippen molar-refractivity contribution < 1.29 is 4.39 Å². The zero-order chi connectivity index (χ0) is 14.0. The quantitative estimate of drug-likeness (QED) is 0.794. The lowest BCUT2D eigenvalue weighted by atomic mass is 10.2. The van der Waals surface area contributed by atoms with Crippen molar-refractivity contribution in [2.75, 3.05) is 11.4 Å². The van der Waals surface area contributed by atoms with Gasteiger partial charge in [-0.1, -0.05) is 22.0 Å². The average Bonchev–Trinajstić information content (AvgIpc) is 2.65. The predicted octanol–water partition coefficient (Wildman–Crippen LogP) is 3.92. The number of halogens is 2. The van der Waals surface area contributed by atoms with Crippen molar-refractivity contribution in [3.63, 3.8) is 0 Å². The van der Waals surface area contributed by atoms with Gasteiger partial charge in [-0.05, 0) is 32.0 Å². The van der Waals surface area contributed by atoms with E-state index in [1.807, 2.05) is 31.6 Å². The first-order chi connectivity index (χ1) is 9.08. The van der Waals surface area contributed by atoms with Crippen molar-refractivity contribution in [3.8, 4) is 0 Å². The third kappa shape index (κ3) is 2.66. The van der Waals surface area contributed by atoms with E-state index in [9.17, 15) is 4.39 Å². The van der Waals surface area contributed by atoms with E-state index in [1.54, 1.807) is 12.1 Å². The highest BCUT2D eigenvalue weighted by molar-refractivity contribution is 9.08. The summed E-state index contributed by atoms with van der Waals surface area (Å²) in [6.45, 7) is 4.78. The van der Waals surface area contributed by atoms with E-state index in [0.717, 1.165) is 34.6 Å². The number of aromatic nitrogens is 2. The third-order valence-electron chi connectivity index (χ3n) is 3.14. The molecule has 19 heavy (non-hydrogen) atoms. The van der Waals surface area contributed by atoms with Crippen LogP contribution in [-0.4, -0.2) is 16.3 Å². The van der Waals surface area contributed by atoms with E-state index in [-0.39, 0.29) is 5.82 Å². The first kappa shape index (κ1) is 14.1. The van der Waals surface area contributed by atoms with Gasteiger partial charge in [-0.25, -0.2) is 4.39 Å². The van der Waals surface area contributed by atoms with Gasteiger partial charge in [-0.2, -0.15) is 5.10 Å². The highest BCUT2D eigenvalue weighted by atomic mass is 79.9. The van der Waals surface area contributed by atoms with Gasteiger partial charge in [0.15, 0.2) is 0 Å². The highest BCUT2D eigenvalue weighted by Gasteiger charge is 2.19. The fourth-order valence-corrected chi connectivity index (χ4v) is 2.94. The number of anilines is 2. The molecule has 3 nitrogen and oxygen atoms in total. The normalized spacial score (nSPS) is 10.8. The first-order valence-corrected chi connectivity index (χ1v) is 7.32. The molecule has 1 aromatic heterocycles. The number of alkyl halides is 1. The van der Waals surface area contributed by atoms with E-state index in [0.29, 0.717) is 0 Å². The topological polar surface area (TPSA) is 21.1 Å². The molecule has 0 bridgehead atoms. The summed E-state index contributed by atoms with van der Waals surface area (Å²) in [4.78, 5) is 2.07. The predicted molar refractivity (Wildman–Crippen MR) is 79.7 cm³/mol. The second-order valence-electron chi connectivity index (χ2n) is 4.37. The van der Waals surface area contributed by atoms with Crippen molar-refractivity contribution in [1.82, 2.24) is 9.78 Å². The van der Waals surface area contributed by atoms with Crippen molar-refractivity contribution in [3.05, 3.63) is 41.3 Å². The molecule has 102 valence electrons. The van der Waals surface area contributed by atoms with Gasteiger partial charge < -0.3 is 4.90 Å². The molecule has 0 saturated carbocycles. The molecule has 0 N–H and O–H groups in total. The molecule has 2 rings (SSSR count). The van der Waals surface area contributed by atoms with Crippen LogP contribution in [0.4, 0.5) is 15.9 Å². The molecule has 0 fully saturated rings. The fraction of sp³-hybridized carbons (Fsp3) is 0.357. The zero-order valence-electron chi connectivity index (χ0n) is 11.3. The Balaban J connectivity index is 2.54. The molecule has 0 atom stereocenters. The van der Waals surface area contributed by atoms with E-state index in [2.05, 4.69) is 25.9 Å². The van der Waals surface area contributed by atoms with Crippen LogP contribution in [0.2, 0.25) is 0 Å². The summed E-state index contributed by atoms with van der Waals surface area (Å²) in [7, 11) is 1.91. The lowest BCUT2D eigenvalue weighted by molar-refractivity contribution is 0.627. The van der Waals surface area contributed by atoms with Crippen LogP contribution in [0.25, 0.3) is 0 Å². The van der Waals surface area contributed by atoms with Crippen molar-refractivity contribution >= 4 is 27.4 Å². The van der Waals surface area contributed by atoms with Crippen molar-refractivity contribution in [1.29, 1.82) is 0 Å². The first-order valence-electron chi connectivity index (χ1n) is 6.20. The summed E-state index contributed by atoms with van der Waals surface area (Å²) in [6.07, 6.45) is 0. The Morgan fingerprint density at radius 3 is 2.74 bits per heavy atom. The molecule has 0 aliphatic heterocycles. The summed E-state index contributed by atoms with van der Waals surface area (Å²) in [6, 6.07) is 6.64. The van der Waals surface area contributed by atoms with Gasteiger partial charge in [-0.15, -0.1) is 0 Å². The summed E-state index contributed by atoms with van der Waals surface area (Å²) < 4.78 is 15.3. The maximum Gasteiger partial charge on any atom is 0.135 e. The van der Waals surface area contributed by atoms with Gasteiger partial charge in [0.05, 0.1) is 5.69 Å².